The summed E-state index contributed by atoms with van der Waals surface area (Å²) >= 11 is 0. The number of hydrogen-bond acceptors (Lipinski definition) is 4. The van der Waals surface area contributed by atoms with Gasteiger partial charge < -0.3 is 20.8 Å². The normalized spacial score (nSPS) is 11.5. The summed E-state index contributed by atoms with van der Waals surface area (Å²) in [7, 11) is 0. The first kappa shape index (κ1) is 14.7. The summed E-state index contributed by atoms with van der Waals surface area (Å²) in [6.07, 6.45) is 0. The standard InChI is InChI=1S/C12H14N2O5/c1-7(16)13-9-4-2-8(3-5-9)11(17)14-10(6-15)12(18)19/h2-5,10,15H,6H2,1H3,(H,13,16)(H,14,17)(H,18,19). The van der Waals surface area contributed by atoms with E-state index in [1.807, 2.05) is 0 Å². The molecule has 1 aromatic carbocycles. The fraction of sp³-hybridized carbons (Fsp3) is 0.250. The van der Waals surface area contributed by atoms with Crippen molar-refractivity contribution in [3.63, 3.8) is 0 Å². The SMILES string of the molecule is CC(=O)Nc1ccc(C(=O)NC(CO)C(=O)O)cc1. The number of aliphatic hydroxyl groups excluding tert-OH is 1. The van der Waals surface area contributed by atoms with Gasteiger partial charge in [0.05, 0.1) is 6.61 Å². The van der Waals surface area contributed by atoms with Crippen LogP contribution in [0, 0.1) is 0 Å². The molecule has 4 N–H and O–H groups in total. The lowest BCUT2D eigenvalue weighted by atomic mass is 10.1. The third-order valence-corrected chi connectivity index (χ3v) is 2.25. The van der Waals surface area contributed by atoms with Gasteiger partial charge >= 0.3 is 5.97 Å². The van der Waals surface area contributed by atoms with E-state index in [-0.39, 0.29) is 11.5 Å². The minimum atomic E-state index is -1.34. The number of carbonyl (C=O) groups is 3. The highest BCUT2D eigenvalue weighted by molar-refractivity contribution is 5.97. The highest BCUT2D eigenvalue weighted by atomic mass is 16.4. The van der Waals surface area contributed by atoms with Gasteiger partial charge in [0.15, 0.2) is 6.04 Å². The van der Waals surface area contributed by atoms with Crippen LogP contribution in [0.3, 0.4) is 0 Å². The van der Waals surface area contributed by atoms with Crippen LogP contribution in [0.1, 0.15) is 17.3 Å². The summed E-state index contributed by atoms with van der Waals surface area (Å²) in [5.41, 5.74) is 0.759. The minimum Gasteiger partial charge on any atom is -0.480 e. The Morgan fingerprint density at radius 3 is 2.21 bits per heavy atom. The van der Waals surface area contributed by atoms with Crippen LogP contribution in [0.5, 0.6) is 0 Å². The van der Waals surface area contributed by atoms with E-state index in [9.17, 15) is 14.4 Å². The Morgan fingerprint density at radius 2 is 1.79 bits per heavy atom. The van der Waals surface area contributed by atoms with Gasteiger partial charge in [-0.15, -0.1) is 0 Å². The lowest BCUT2D eigenvalue weighted by molar-refractivity contribution is -0.140. The number of anilines is 1. The Kier molecular flexibility index (Phi) is 5.01. The quantitative estimate of drug-likeness (QED) is 0.590. The van der Waals surface area contributed by atoms with Crippen LogP contribution in [-0.4, -0.2) is 40.6 Å². The Bertz CT molecular complexity index is 483. The maximum absolute atomic E-state index is 11.7. The molecule has 1 aromatic rings. The Balaban J connectivity index is 2.72. The molecule has 0 aromatic heterocycles. The third kappa shape index (κ3) is 4.40. The van der Waals surface area contributed by atoms with Gasteiger partial charge in [0.1, 0.15) is 0 Å². The summed E-state index contributed by atoms with van der Waals surface area (Å²) in [4.78, 5) is 33.1. The summed E-state index contributed by atoms with van der Waals surface area (Å²) < 4.78 is 0. The van der Waals surface area contributed by atoms with Gasteiger partial charge in [-0.2, -0.15) is 0 Å². The molecule has 1 unspecified atom stereocenters. The molecule has 19 heavy (non-hydrogen) atoms. The van der Waals surface area contributed by atoms with Crippen LogP contribution < -0.4 is 10.6 Å². The number of hydrogen-bond donors (Lipinski definition) is 4. The van der Waals surface area contributed by atoms with Crippen molar-refractivity contribution in [3.8, 4) is 0 Å². The lowest BCUT2D eigenvalue weighted by Crippen LogP contribution is -2.43. The largest absolute Gasteiger partial charge is 0.480 e. The van der Waals surface area contributed by atoms with Gasteiger partial charge in [-0.25, -0.2) is 4.79 Å². The number of rotatable bonds is 5. The highest BCUT2D eigenvalue weighted by Crippen LogP contribution is 2.09. The molecule has 0 saturated carbocycles. The maximum Gasteiger partial charge on any atom is 0.328 e. The fourth-order valence-corrected chi connectivity index (χ4v) is 1.34. The van der Waals surface area contributed by atoms with Crippen LogP contribution in [0.15, 0.2) is 24.3 Å². The molecule has 0 bridgehead atoms. The Labute approximate surface area is 109 Å². The van der Waals surface area contributed by atoms with E-state index in [0.717, 1.165) is 0 Å². The molecule has 7 heteroatoms. The number of nitrogens with one attached hydrogen (secondary N) is 2. The lowest BCUT2D eigenvalue weighted by Gasteiger charge is -2.11. The van der Waals surface area contributed by atoms with Crippen molar-refractivity contribution in [1.29, 1.82) is 0 Å². The molecule has 1 atom stereocenters. The number of aliphatic carboxylic acids is 1. The number of aliphatic hydroxyl groups is 1. The van der Waals surface area contributed by atoms with E-state index in [1.165, 1.54) is 31.2 Å². The fourth-order valence-electron chi connectivity index (χ4n) is 1.34. The van der Waals surface area contributed by atoms with Crippen LogP contribution in [0.25, 0.3) is 0 Å². The molecule has 7 nitrogen and oxygen atoms in total. The van der Waals surface area contributed by atoms with Gasteiger partial charge in [-0.1, -0.05) is 0 Å². The highest BCUT2D eigenvalue weighted by Gasteiger charge is 2.19. The second-order valence-corrected chi connectivity index (χ2v) is 3.81. The van der Waals surface area contributed by atoms with Crippen molar-refractivity contribution in [2.75, 3.05) is 11.9 Å². The van der Waals surface area contributed by atoms with E-state index in [4.69, 9.17) is 10.2 Å². The van der Waals surface area contributed by atoms with Crippen molar-refractivity contribution in [2.24, 2.45) is 0 Å². The number of carbonyl (C=O) groups excluding carboxylic acids is 2. The Hall–Kier alpha value is -2.41. The summed E-state index contributed by atoms with van der Waals surface area (Å²) in [5, 5.41) is 22.2. The molecular weight excluding hydrogens is 252 g/mol. The average Bonchev–Trinajstić information content (AvgIpc) is 2.35. The van der Waals surface area contributed by atoms with Gasteiger partial charge in [-0.05, 0) is 24.3 Å². The van der Waals surface area contributed by atoms with Gasteiger partial charge in [0, 0.05) is 18.2 Å². The predicted octanol–water partition coefficient (Wildman–Crippen LogP) is -0.180. The molecule has 0 saturated heterocycles. The molecule has 0 heterocycles. The number of carboxylic acids is 1. The number of amides is 2. The first-order valence-electron chi connectivity index (χ1n) is 5.46. The van der Waals surface area contributed by atoms with E-state index >= 15 is 0 Å². The number of benzene rings is 1. The van der Waals surface area contributed by atoms with Crippen molar-refractivity contribution in [1.82, 2.24) is 5.32 Å². The molecule has 0 radical (unpaired) electrons. The topological polar surface area (TPSA) is 116 Å². The molecule has 102 valence electrons. The first-order valence-corrected chi connectivity index (χ1v) is 5.46. The van der Waals surface area contributed by atoms with Gasteiger partial charge in [0.2, 0.25) is 5.91 Å². The molecular formula is C12H14N2O5. The van der Waals surface area contributed by atoms with Crippen LogP contribution in [-0.2, 0) is 9.59 Å². The van der Waals surface area contributed by atoms with Crippen molar-refractivity contribution in [2.45, 2.75) is 13.0 Å². The van der Waals surface area contributed by atoms with Crippen LogP contribution in [0.4, 0.5) is 5.69 Å². The zero-order chi connectivity index (χ0) is 14.4. The average molecular weight is 266 g/mol. The van der Waals surface area contributed by atoms with Crippen LogP contribution in [0.2, 0.25) is 0 Å². The molecule has 0 aliphatic rings. The van der Waals surface area contributed by atoms with E-state index in [0.29, 0.717) is 5.69 Å². The monoisotopic (exact) mass is 266 g/mol. The third-order valence-electron chi connectivity index (χ3n) is 2.25. The van der Waals surface area contributed by atoms with Gasteiger partial charge in [-0.3, -0.25) is 9.59 Å². The molecule has 0 spiro atoms. The number of carboxylic acid groups (broad SMARTS) is 1. The van der Waals surface area contributed by atoms with Crippen molar-refractivity contribution >= 4 is 23.5 Å². The van der Waals surface area contributed by atoms with E-state index < -0.39 is 24.5 Å². The molecule has 0 fully saturated rings. The molecule has 0 aliphatic heterocycles. The second kappa shape index (κ2) is 6.50. The van der Waals surface area contributed by atoms with Crippen LogP contribution >= 0.6 is 0 Å². The Morgan fingerprint density at radius 1 is 1.21 bits per heavy atom. The molecule has 0 aliphatic carbocycles. The maximum atomic E-state index is 11.7. The molecule has 1 rings (SSSR count). The van der Waals surface area contributed by atoms with Crippen molar-refractivity contribution < 1.29 is 24.6 Å². The summed E-state index contributed by atoms with van der Waals surface area (Å²) in [6, 6.07) is 4.58. The van der Waals surface area contributed by atoms with E-state index in [1.54, 1.807) is 0 Å². The first-order chi connectivity index (χ1) is 8.93. The van der Waals surface area contributed by atoms with Gasteiger partial charge in [0.25, 0.3) is 5.91 Å². The second-order valence-electron chi connectivity index (χ2n) is 3.81. The summed E-state index contributed by atoms with van der Waals surface area (Å²) in [5.74, 6) is -2.16. The zero-order valence-corrected chi connectivity index (χ0v) is 10.2. The molecule has 2 amide bonds. The van der Waals surface area contributed by atoms with Crippen molar-refractivity contribution in [3.05, 3.63) is 29.8 Å². The van der Waals surface area contributed by atoms with E-state index in [2.05, 4.69) is 10.6 Å². The predicted molar refractivity (Wildman–Crippen MR) is 66.7 cm³/mol. The minimum absolute atomic E-state index is 0.230. The smallest absolute Gasteiger partial charge is 0.328 e. The summed E-state index contributed by atoms with van der Waals surface area (Å²) in [6.45, 7) is 0.671. The zero-order valence-electron chi connectivity index (χ0n) is 10.2.